The van der Waals surface area contributed by atoms with Crippen molar-refractivity contribution in [1.82, 2.24) is 9.97 Å². The molecule has 7 heteroatoms. The van der Waals surface area contributed by atoms with Crippen molar-refractivity contribution in [1.29, 1.82) is 0 Å². The Kier molecular flexibility index (Phi) is 5.20. The Morgan fingerprint density at radius 2 is 2.00 bits per heavy atom. The van der Waals surface area contributed by atoms with Crippen LogP contribution in [0.5, 0.6) is 0 Å². The highest BCUT2D eigenvalue weighted by Crippen LogP contribution is 2.33. The van der Waals surface area contributed by atoms with Crippen LogP contribution in [0.3, 0.4) is 0 Å². The summed E-state index contributed by atoms with van der Waals surface area (Å²) in [5.41, 5.74) is 2.32. The molecule has 134 valence electrons. The Labute approximate surface area is 173 Å². The summed E-state index contributed by atoms with van der Waals surface area (Å²) >= 11 is 11.0. The van der Waals surface area contributed by atoms with Crippen LogP contribution in [0.15, 0.2) is 71.5 Å². The van der Waals surface area contributed by atoms with E-state index in [9.17, 15) is 4.79 Å². The van der Waals surface area contributed by atoms with Gasteiger partial charge in [-0.05, 0) is 57.9 Å². The van der Waals surface area contributed by atoms with Gasteiger partial charge in [-0.25, -0.2) is 4.98 Å². The molecule has 0 fully saturated rings. The summed E-state index contributed by atoms with van der Waals surface area (Å²) < 4.78 is 1.68. The lowest BCUT2D eigenvalue weighted by Gasteiger charge is -2.20. The SMILES string of the molecule is O=C(c1ccccc1Br)N(Cc1cccnc1)c1nc2ccc(Cl)cc2s1. The summed E-state index contributed by atoms with van der Waals surface area (Å²) in [6, 6.07) is 16.7. The second-order valence-electron chi connectivity index (χ2n) is 5.84. The summed E-state index contributed by atoms with van der Waals surface area (Å²) in [6.45, 7) is 0.377. The highest BCUT2D eigenvalue weighted by Gasteiger charge is 2.23. The van der Waals surface area contributed by atoms with E-state index < -0.39 is 0 Å². The average molecular weight is 459 g/mol. The molecule has 0 spiro atoms. The Balaban J connectivity index is 1.79. The van der Waals surface area contributed by atoms with E-state index in [1.165, 1.54) is 11.3 Å². The number of anilines is 1. The molecule has 0 radical (unpaired) electrons. The van der Waals surface area contributed by atoms with Gasteiger partial charge in [0.25, 0.3) is 5.91 Å². The highest BCUT2D eigenvalue weighted by atomic mass is 79.9. The van der Waals surface area contributed by atoms with Gasteiger partial charge >= 0.3 is 0 Å². The van der Waals surface area contributed by atoms with E-state index in [0.29, 0.717) is 22.3 Å². The first kappa shape index (κ1) is 18.1. The van der Waals surface area contributed by atoms with E-state index in [1.807, 2.05) is 42.5 Å². The third-order valence-electron chi connectivity index (χ3n) is 3.98. The molecule has 2 heterocycles. The maximum Gasteiger partial charge on any atom is 0.261 e. The monoisotopic (exact) mass is 457 g/mol. The Morgan fingerprint density at radius 1 is 1.15 bits per heavy atom. The number of halogens is 2. The van der Waals surface area contributed by atoms with E-state index in [2.05, 4.69) is 25.9 Å². The molecule has 4 aromatic rings. The van der Waals surface area contributed by atoms with Crippen LogP contribution in [0.2, 0.25) is 5.02 Å². The van der Waals surface area contributed by atoms with Crippen molar-refractivity contribution in [3.05, 3.63) is 87.6 Å². The topological polar surface area (TPSA) is 46.1 Å². The lowest BCUT2D eigenvalue weighted by molar-refractivity contribution is 0.0984. The number of carbonyl (C=O) groups is 1. The number of hydrogen-bond acceptors (Lipinski definition) is 4. The zero-order valence-corrected chi connectivity index (χ0v) is 17.1. The first-order valence-electron chi connectivity index (χ1n) is 8.13. The summed E-state index contributed by atoms with van der Waals surface area (Å²) in [5, 5.41) is 1.27. The maximum absolute atomic E-state index is 13.3. The zero-order chi connectivity index (χ0) is 18.8. The Bertz CT molecular complexity index is 1120. The molecule has 0 atom stereocenters. The minimum Gasteiger partial charge on any atom is -0.279 e. The number of carbonyl (C=O) groups excluding carboxylic acids is 1. The van der Waals surface area contributed by atoms with Crippen LogP contribution in [0.1, 0.15) is 15.9 Å². The minimum atomic E-state index is -0.128. The molecular formula is C20H13BrClN3OS. The summed E-state index contributed by atoms with van der Waals surface area (Å²) in [5.74, 6) is -0.128. The van der Waals surface area contributed by atoms with Gasteiger partial charge in [0.1, 0.15) is 0 Å². The fourth-order valence-electron chi connectivity index (χ4n) is 2.68. The van der Waals surface area contributed by atoms with Gasteiger partial charge < -0.3 is 0 Å². The summed E-state index contributed by atoms with van der Waals surface area (Å²) in [7, 11) is 0. The fourth-order valence-corrected chi connectivity index (χ4v) is 4.38. The maximum atomic E-state index is 13.3. The number of pyridine rings is 1. The molecule has 2 aromatic carbocycles. The molecule has 0 N–H and O–H groups in total. The Hall–Kier alpha value is -2.28. The number of rotatable bonds is 4. The number of benzene rings is 2. The second kappa shape index (κ2) is 7.76. The first-order valence-corrected chi connectivity index (χ1v) is 10.1. The van der Waals surface area contributed by atoms with Crippen LogP contribution >= 0.6 is 38.9 Å². The first-order chi connectivity index (χ1) is 13.1. The van der Waals surface area contributed by atoms with Crippen LogP contribution < -0.4 is 4.90 Å². The number of aromatic nitrogens is 2. The number of fused-ring (bicyclic) bond motifs is 1. The van der Waals surface area contributed by atoms with Gasteiger partial charge in [0.15, 0.2) is 5.13 Å². The van der Waals surface area contributed by atoms with Crippen molar-refractivity contribution in [2.45, 2.75) is 6.54 Å². The lowest BCUT2D eigenvalue weighted by Crippen LogP contribution is -2.30. The van der Waals surface area contributed by atoms with Crippen LogP contribution in [0, 0.1) is 0 Å². The summed E-state index contributed by atoms with van der Waals surface area (Å²) in [6.07, 6.45) is 3.47. The molecule has 2 aromatic heterocycles. The highest BCUT2D eigenvalue weighted by molar-refractivity contribution is 9.10. The molecule has 0 aliphatic carbocycles. The van der Waals surface area contributed by atoms with E-state index in [-0.39, 0.29) is 5.91 Å². The van der Waals surface area contributed by atoms with Gasteiger partial charge in [0.05, 0.1) is 22.3 Å². The number of amides is 1. The van der Waals surface area contributed by atoms with Gasteiger partial charge in [-0.1, -0.05) is 41.1 Å². The van der Waals surface area contributed by atoms with Crippen LogP contribution in [-0.2, 0) is 6.54 Å². The zero-order valence-electron chi connectivity index (χ0n) is 14.0. The molecule has 0 saturated carbocycles. The smallest absolute Gasteiger partial charge is 0.261 e. The Morgan fingerprint density at radius 3 is 2.78 bits per heavy atom. The van der Waals surface area contributed by atoms with Crippen molar-refractivity contribution in [2.24, 2.45) is 0 Å². The fraction of sp³-hybridized carbons (Fsp3) is 0.0500. The van der Waals surface area contributed by atoms with E-state index in [4.69, 9.17) is 11.6 Å². The number of hydrogen-bond donors (Lipinski definition) is 0. The van der Waals surface area contributed by atoms with Crippen LogP contribution in [0.25, 0.3) is 10.2 Å². The van der Waals surface area contributed by atoms with Gasteiger partial charge in [0.2, 0.25) is 0 Å². The van der Waals surface area contributed by atoms with Crippen molar-refractivity contribution in [2.75, 3.05) is 4.90 Å². The number of nitrogens with zero attached hydrogens (tertiary/aromatic N) is 3. The van der Waals surface area contributed by atoms with Crippen molar-refractivity contribution in [3.8, 4) is 0 Å². The van der Waals surface area contributed by atoms with Gasteiger partial charge in [-0.15, -0.1) is 0 Å². The number of thiazole rings is 1. The third kappa shape index (κ3) is 3.88. The van der Waals surface area contributed by atoms with E-state index in [0.717, 1.165) is 20.3 Å². The van der Waals surface area contributed by atoms with E-state index >= 15 is 0 Å². The van der Waals surface area contributed by atoms with E-state index in [1.54, 1.807) is 29.4 Å². The van der Waals surface area contributed by atoms with Crippen LogP contribution in [0.4, 0.5) is 5.13 Å². The van der Waals surface area contributed by atoms with Crippen molar-refractivity contribution in [3.63, 3.8) is 0 Å². The average Bonchev–Trinajstić information content (AvgIpc) is 3.09. The normalized spacial score (nSPS) is 10.9. The van der Waals surface area contributed by atoms with Crippen molar-refractivity contribution >= 4 is 60.1 Å². The van der Waals surface area contributed by atoms with Crippen LogP contribution in [-0.4, -0.2) is 15.9 Å². The second-order valence-corrected chi connectivity index (χ2v) is 8.14. The molecule has 0 unspecified atom stereocenters. The van der Waals surface area contributed by atoms with Crippen molar-refractivity contribution < 1.29 is 4.79 Å². The summed E-state index contributed by atoms with van der Waals surface area (Å²) in [4.78, 5) is 23.8. The lowest BCUT2D eigenvalue weighted by atomic mass is 10.2. The predicted octanol–water partition coefficient (Wildman–Crippen LogP) is 5.95. The molecule has 1 amide bonds. The molecule has 0 bridgehead atoms. The van der Waals surface area contributed by atoms with Gasteiger partial charge in [0, 0.05) is 21.9 Å². The molecular weight excluding hydrogens is 446 g/mol. The molecule has 4 rings (SSSR count). The quantitative estimate of drug-likeness (QED) is 0.379. The largest absolute Gasteiger partial charge is 0.279 e. The third-order valence-corrected chi connectivity index (χ3v) is 5.95. The van der Waals surface area contributed by atoms with Gasteiger partial charge in [-0.3, -0.25) is 14.7 Å². The molecule has 27 heavy (non-hydrogen) atoms. The molecule has 0 aliphatic heterocycles. The minimum absolute atomic E-state index is 0.128. The standard InChI is InChI=1S/C20H13BrClN3OS/c21-16-6-2-1-5-15(16)19(26)25(12-13-4-3-9-23-11-13)20-24-17-8-7-14(22)10-18(17)27-20/h1-11H,12H2. The molecule has 0 aliphatic rings. The van der Waals surface area contributed by atoms with Gasteiger partial charge in [-0.2, -0.15) is 0 Å². The predicted molar refractivity (Wildman–Crippen MR) is 114 cm³/mol. The molecule has 4 nitrogen and oxygen atoms in total. The molecule has 0 saturated heterocycles.